The summed E-state index contributed by atoms with van der Waals surface area (Å²) >= 11 is 0. The average Bonchev–Trinajstić information content (AvgIpc) is 1.99. The Hall–Kier alpha value is -1.06. The quantitative estimate of drug-likeness (QED) is 0.706. The summed E-state index contributed by atoms with van der Waals surface area (Å²) in [6, 6.07) is 0. The van der Waals surface area contributed by atoms with Crippen LogP contribution in [0.15, 0.2) is 0 Å². The van der Waals surface area contributed by atoms with Crippen LogP contribution in [0.25, 0.3) is 0 Å². The number of hydrogen-bond donors (Lipinski definition) is 2. The van der Waals surface area contributed by atoms with Gasteiger partial charge in [0.1, 0.15) is 5.54 Å². The van der Waals surface area contributed by atoms with Gasteiger partial charge in [-0.1, -0.05) is 13.8 Å². The van der Waals surface area contributed by atoms with E-state index in [1.54, 1.807) is 6.92 Å². The zero-order valence-electron chi connectivity index (χ0n) is 9.26. The molecule has 0 spiro atoms. The van der Waals surface area contributed by atoms with Crippen LogP contribution in [0.4, 0.5) is 0 Å². The molecule has 0 heterocycles. The van der Waals surface area contributed by atoms with Crippen molar-refractivity contribution in [1.82, 2.24) is 5.32 Å². The predicted octanol–water partition coefficient (Wildman–Crippen LogP) is 1.40. The van der Waals surface area contributed by atoms with Crippen LogP contribution in [-0.4, -0.2) is 22.5 Å². The molecule has 0 aliphatic rings. The van der Waals surface area contributed by atoms with Gasteiger partial charge in [-0.05, 0) is 25.7 Å². The first-order valence-corrected chi connectivity index (χ1v) is 4.80. The molecule has 14 heavy (non-hydrogen) atoms. The van der Waals surface area contributed by atoms with Crippen molar-refractivity contribution in [3.05, 3.63) is 0 Å². The van der Waals surface area contributed by atoms with Crippen LogP contribution in [0.2, 0.25) is 0 Å². The van der Waals surface area contributed by atoms with Crippen molar-refractivity contribution < 1.29 is 14.7 Å². The van der Waals surface area contributed by atoms with Crippen molar-refractivity contribution in [1.29, 1.82) is 0 Å². The van der Waals surface area contributed by atoms with E-state index in [-0.39, 0.29) is 5.91 Å². The fourth-order valence-corrected chi connectivity index (χ4v) is 1.19. The van der Waals surface area contributed by atoms with E-state index < -0.39 is 11.5 Å². The lowest BCUT2D eigenvalue weighted by Gasteiger charge is -2.26. The second-order valence-electron chi connectivity index (χ2n) is 4.25. The second-order valence-corrected chi connectivity index (χ2v) is 4.25. The Morgan fingerprint density at radius 1 is 1.43 bits per heavy atom. The molecule has 82 valence electrons. The number of nitrogens with one attached hydrogen (secondary N) is 1. The summed E-state index contributed by atoms with van der Waals surface area (Å²) in [7, 11) is 0. The number of carbonyl (C=O) groups is 2. The van der Waals surface area contributed by atoms with Gasteiger partial charge in [0.05, 0.1) is 0 Å². The number of hydrogen-bond acceptors (Lipinski definition) is 2. The fourth-order valence-electron chi connectivity index (χ4n) is 1.19. The average molecular weight is 201 g/mol. The molecule has 1 atom stereocenters. The molecule has 0 aromatic heterocycles. The zero-order chi connectivity index (χ0) is 11.4. The van der Waals surface area contributed by atoms with Gasteiger partial charge in [0.15, 0.2) is 0 Å². The maximum atomic E-state index is 11.0. The number of carboxylic acid groups (broad SMARTS) is 1. The molecule has 2 N–H and O–H groups in total. The van der Waals surface area contributed by atoms with E-state index in [0.717, 1.165) is 6.42 Å². The Bertz CT molecular complexity index is 225. The molecule has 0 fully saturated rings. The molecule has 0 radical (unpaired) electrons. The lowest BCUT2D eigenvalue weighted by molar-refractivity contribution is -0.147. The summed E-state index contributed by atoms with van der Waals surface area (Å²) in [5.41, 5.74) is -1.13. The van der Waals surface area contributed by atoms with E-state index in [2.05, 4.69) is 5.32 Å². The Kier molecular flexibility index (Phi) is 4.60. The highest BCUT2D eigenvalue weighted by Gasteiger charge is 2.33. The monoisotopic (exact) mass is 201 g/mol. The maximum absolute atomic E-state index is 11.0. The van der Waals surface area contributed by atoms with Crippen molar-refractivity contribution in [3.63, 3.8) is 0 Å². The minimum absolute atomic E-state index is 0.307. The molecule has 0 aromatic rings. The van der Waals surface area contributed by atoms with Crippen molar-refractivity contribution in [3.8, 4) is 0 Å². The highest BCUT2D eigenvalue weighted by Crippen LogP contribution is 2.16. The first kappa shape index (κ1) is 12.9. The Morgan fingerprint density at radius 3 is 2.21 bits per heavy atom. The topological polar surface area (TPSA) is 66.4 Å². The van der Waals surface area contributed by atoms with Gasteiger partial charge in [-0.25, -0.2) is 4.79 Å². The summed E-state index contributed by atoms with van der Waals surface area (Å²) in [5.74, 6) is -0.852. The van der Waals surface area contributed by atoms with Gasteiger partial charge in [0.25, 0.3) is 0 Å². The molecule has 4 nitrogen and oxygen atoms in total. The molecule has 0 saturated carbocycles. The van der Waals surface area contributed by atoms with Gasteiger partial charge in [-0.2, -0.15) is 0 Å². The minimum atomic E-state index is -1.13. The summed E-state index contributed by atoms with van der Waals surface area (Å²) in [5, 5.41) is 11.5. The molecule has 0 bridgehead atoms. The predicted molar refractivity (Wildman–Crippen MR) is 53.9 cm³/mol. The number of aliphatic carboxylic acids is 1. The highest BCUT2D eigenvalue weighted by atomic mass is 16.4. The number of carboxylic acids is 1. The van der Waals surface area contributed by atoms with E-state index in [4.69, 9.17) is 5.11 Å². The molecule has 0 rings (SSSR count). The SMILES string of the molecule is CC(=O)NC(C)(CCC(C)C)C(=O)O. The third kappa shape index (κ3) is 4.25. The van der Waals surface area contributed by atoms with E-state index in [0.29, 0.717) is 12.3 Å². The van der Waals surface area contributed by atoms with Crippen LogP contribution in [0.3, 0.4) is 0 Å². The lowest BCUT2D eigenvalue weighted by atomic mass is 9.92. The number of rotatable bonds is 5. The third-order valence-corrected chi connectivity index (χ3v) is 2.15. The molecular formula is C10H19NO3. The molecule has 4 heteroatoms. The van der Waals surface area contributed by atoms with Crippen LogP contribution in [0.5, 0.6) is 0 Å². The van der Waals surface area contributed by atoms with E-state index in [1.165, 1.54) is 6.92 Å². The van der Waals surface area contributed by atoms with Gasteiger partial charge in [0, 0.05) is 6.92 Å². The van der Waals surface area contributed by atoms with Crippen molar-refractivity contribution in [2.75, 3.05) is 0 Å². The molecule has 0 aromatic carbocycles. The minimum Gasteiger partial charge on any atom is -0.480 e. The van der Waals surface area contributed by atoms with Crippen LogP contribution >= 0.6 is 0 Å². The largest absolute Gasteiger partial charge is 0.480 e. The van der Waals surface area contributed by atoms with E-state index >= 15 is 0 Å². The van der Waals surface area contributed by atoms with Gasteiger partial charge in [-0.3, -0.25) is 4.79 Å². The van der Waals surface area contributed by atoms with Crippen LogP contribution < -0.4 is 5.32 Å². The lowest BCUT2D eigenvalue weighted by Crippen LogP contribution is -2.51. The van der Waals surface area contributed by atoms with Crippen molar-refractivity contribution in [2.45, 2.75) is 46.1 Å². The van der Waals surface area contributed by atoms with Gasteiger partial charge < -0.3 is 10.4 Å². The zero-order valence-corrected chi connectivity index (χ0v) is 9.26. The first-order chi connectivity index (χ1) is 6.28. The van der Waals surface area contributed by atoms with Crippen LogP contribution in [0.1, 0.15) is 40.5 Å². The molecule has 1 unspecified atom stereocenters. The molecule has 0 aliphatic carbocycles. The Morgan fingerprint density at radius 2 is 1.93 bits per heavy atom. The van der Waals surface area contributed by atoms with Gasteiger partial charge in [-0.15, -0.1) is 0 Å². The third-order valence-electron chi connectivity index (χ3n) is 2.15. The van der Waals surface area contributed by atoms with Gasteiger partial charge >= 0.3 is 5.97 Å². The van der Waals surface area contributed by atoms with Crippen molar-refractivity contribution in [2.24, 2.45) is 5.92 Å². The van der Waals surface area contributed by atoms with Crippen LogP contribution in [0, 0.1) is 5.92 Å². The molecule has 0 aliphatic heterocycles. The van der Waals surface area contributed by atoms with Gasteiger partial charge in [0.2, 0.25) is 5.91 Å². The molecule has 1 amide bonds. The number of amides is 1. The summed E-state index contributed by atoms with van der Waals surface area (Å²) in [6.45, 7) is 6.92. The summed E-state index contributed by atoms with van der Waals surface area (Å²) < 4.78 is 0. The molecule has 0 saturated heterocycles. The van der Waals surface area contributed by atoms with E-state index in [1.807, 2.05) is 13.8 Å². The van der Waals surface area contributed by atoms with Crippen molar-refractivity contribution >= 4 is 11.9 Å². The second kappa shape index (κ2) is 4.98. The smallest absolute Gasteiger partial charge is 0.329 e. The maximum Gasteiger partial charge on any atom is 0.329 e. The van der Waals surface area contributed by atoms with E-state index in [9.17, 15) is 9.59 Å². The number of carbonyl (C=O) groups excluding carboxylic acids is 1. The highest BCUT2D eigenvalue weighted by molar-refractivity contribution is 5.85. The normalized spacial score (nSPS) is 14.9. The standard InChI is InChI=1S/C10H19NO3/c1-7(2)5-6-10(4,9(13)14)11-8(3)12/h7H,5-6H2,1-4H3,(H,11,12)(H,13,14). The van der Waals surface area contributed by atoms with Crippen LogP contribution in [-0.2, 0) is 9.59 Å². The first-order valence-electron chi connectivity index (χ1n) is 4.80. The Balaban J connectivity index is 4.39. The fraction of sp³-hybridized carbons (Fsp3) is 0.800. The summed E-state index contributed by atoms with van der Waals surface area (Å²) in [6.07, 6.45) is 1.24. The molecular weight excluding hydrogens is 182 g/mol. The summed E-state index contributed by atoms with van der Waals surface area (Å²) in [4.78, 5) is 21.8. The Labute approximate surface area is 84.7 Å².